The van der Waals surface area contributed by atoms with Crippen LogP contribution in [-0.2, 0) is 14.3 Å². The molecule has 3 fully saturated rings. The second-order valence-electron chi connectivity index (χ2n) is 8.37. The van der Waals surface area contributed by atoms with E-state index in [1.807, 2.05) is 41.3 Å². The first-order chi connectivity index (χ1) is 13.7. The maximum atomic E-state index is 13.8. The molecule has 152 valence electrons. The first-order valence-corrected chi connectivity index (χ1v) is 10.6. The molecule has 3 aliphatic heterocycles. The van der Waals surface area contributed by atoms with Crippen molar-refractivity contribution in [3.63, 3.8) is 0 Å². The fraction of sp³-hybridized carbons (Fsp3) is 0.609. The number of ether oxygens (including phenoxy) is 2. The van der Waals surface area contributed by atoms with Gasteiger partial charge in [0.05, 0.1) is 5.92 Å². The summed E-state index contributed by atoms with van der Waals surface area (Å²) in [5.41, 5.74) is 0.987. The van der Waals surface area contributed by atoms with Crippen molar-refractivity contribution in [2.45, 2.75) is 31.7 Å². The highest BCUT2D eigenvalue weighted by Crippen LogP contribution is 2.46. The van der Waals surface area contributed by atoms with Crippen LogP contribution >= 0.6 is 0 Å². The van der Waals surface area contributed by atoms with Gasteiger partial charge in [-0.2, -0.15) is 0 Å². The van der Waals surface area contributed by atoms with E-state index >= 15 is 0 Å². The van der Waals surface area contributed by atoms with Gasteiger partial charge in [-0.1, -0.05) is 24.3 Å². The number of carbonyl (C=O) groups excluding carboxylic acids is 1. The molecule has 0 radical (unpaired) electrons. The number of amides is 1. The lowest BCUT2D eigenvalue weighted by Crippen LogP contribution is -2.46. The highest BCUT2D eigenvalue weighted by molar-refractivity contribution is 5.96. The lowest BCUT2D eigenvalue weighted by molar-refractivity contribution is -0.127. The van der Waals surface area contributed by atoms with E-state index in [-0.39, 0.29) is 17.2 Å². The molecule has 3 saturated heterocycles. The molecular weight excluding hydrogens is 352 g/mol. The predicted octanol–water partition coefficient (Wildman–Crippen LogP) is 3.11. The summed E-state index contributed by atoms with van der Waals surface area (Å²) in [5, 5.41) is 0. The van der Waals surface area contributed by atoms with Crippen LogP contribution in [-0.4, -0.2) is 62.9 Å². The lowest BCUT2D eigenvalue weighted by Gasteiger charge is -2.39. The van der Waals surface area contributed by atoms with E-state index in [0.717, 1.165) is 70.9 Å². The standard InChI is InChI=1S/C23H32N2O3/c1-2-12-25(20-6-4-3-5-7-20)22(26)21-17-24(19-8-13-27-14-9-19)18-23(21)10-15-28-16-11-23/h2-7,19,21H,1,8-18H2/t21-/m0/s1. The Morgan fingerprint density at radius 1 is 1.14 bits per heavy atom. The minimum atomic E-state index is 0.0133. The van der Waals surface area contributed by atoms with Crippen molar-refractivity contribution >= 4 is 11.6 Å². The number of rotatable bonds is 5. The number of hydrogen-bond acceptors (Lipinski definition) is 4. The molecule has 1 aromatic carbocycles. The summed E-state index contributed by atoms with van der Waals surface area (Å²) in [7, 11) is 0. The zero-order chi connectivity index (χ0) is 19.4. The van der Waals surface area contributed by atoms with Crippen molar-refractivity contribution < 1.29 is 14.3 Å². The van der Waals surface area contributed by atoms with Gasteiger partial charge in [-0.15, -0.1) is 6.58 Å². The van der Waals surface area contributed by atoms with Crippen LogP contribution in [0.1, 0.15) is 25.7 Å². The SMILES string of the molecule is C=CCN(C(=O)[C@@H]1CN(C2CCOCC2)CC12CCOCC2)c1ccccc1. The molecule has 0 bridgehead atoms. The van der Waals surface area contributed by atoms with Gasteiger partial charge in [-0.05, 0) is 37.8 Å². The third kappa shape index (κ3) is 3.88. The second-order valence-corrected chi connectivity index (χ2v) is 8.37. The Hall–Kier alpha value is -1.69. The Kier molecular flexibility index (Phi) is 6.14. The molecule has 0 aliphatic carbocycles. The maximum Gasteiger partial charge on any atom is 0.232 e. The quantitative estimate of drug-likeness (QED) is 0.732. The molecule has 4 rings (SSSR count). The molecule has 5 heteroatoms. The van der Waals surface area contributed by atoms with Crippen LogP contribution in [0.3, 0.4) is 0 Å². The van der Waals surface area contributed by atoms with Crippen molar-refractivity contribution in [1.29, 1.82) is 0 Å². The molecule has 1 amide bonds. The molecule has 0 N–H and O–H groups in total. The van der Waals surface area contributed by atoms with Gasteiger partial charge in [-0.3, -0.25) is 9.69 Å². The summed E-state index contributed by atoms with van der Waals surface area (Å²) in [6.07, 6.45) is 5.91. The van der Waals surface area contributed by atoms with Crippen LogP contribution in [0, 0.1) is 11.3 Å². The number of carbonyl (C=O) groups is 1. The van der Waals surface area contributed by atoms with Gasteiger partial charge in [0, 0.05) is 63.2 Å². The van der Waals surface area contributed by atoms with E-state index in [1.54, 1.807) is 0 Å². The molecular formula is C23H32N2O3. The van der Waals surface area contributed by atoms with Crippen LogP contribution in [0.5, 0.6) is 0 Å². The molecule has 1 aromatic rings. The zero-order valence-electron chi connectivity index (χ0n) is 16.7. The monoisotopic (exact) mass is 384 g/mol. The molecule has 28 heavy (non-hydrogen) atoms. The Labute approximate surface area is 168 Å². The topological polar surface area (TPSA) is 42.0 Å². The Morgan fingerprint density at radius 3 is 2.50 bits per heavy atom. The van der Waals surface area contributed by atoms with Gasteiger partial charge in [0.15, 0.2) is 0 Å². The van der Waals surface area contributed by atoms with Crippen molar-refractivity contribution in [2.24, 2.45) is 11.3 Å². The van der Waals surface area contributed by atoms with Crippen molar-refractivity contribution in [3.05, 3.63) is 43.0 Å². The van der Waals surface area contributed by atoms with E-state index in [0.29, 0.717) is 12.6 Å². The predicted molar refractivity (Wildman–Crippen MR) is 110 cm³/mol. The van der Waals surface area contributed by atoms with E-state index in [1.165, 1.54) is 0 Å². The van der Waals surface area contributed by atoms with E-state index in [4.69, 9.17) is 9.47 Å². The van der Waals surface area contributed by atoms with Crippen LogP contribution in [0.2, 0.25) is 0 Å². The van der Waals surface area contributed by atoms with E-state index in [2.05, 4.69) is 11.5 Å². The maximum absolute atomic E-state index is 13.8. The minimum Gasteiger partial charge on any atom is -0.381 e. The Balaban J connectivity index is 1.60. The molecule has 1 spiro atoms. The number of hydrogen-bond donors (Lipinski definition) is 0. The first-order valence-electron chi connectivity index (χ1n) is 10.6. The zero-order valence-corrected chi connectivity index (χ0v) is 16.7. The highest BCUT2D eigenvalue weighted by atomic mass is 16.5. The number of benzene rings is 1. The van der Waals surface area contributed by atoms with Crippen LogP contribution < -0.4 is 4.90 Å². The summed E-state index contributed by atoms with van der Waals surface area (Å²) in [6, 6.07) is 10.5. The largest absolute Gasteiger partial charge is 0.381 e. The van der Waals surface area contributed by atoms with Gasteiger partial charge >= 0.3 is 0 Å². The van der Waals surface area contributed by atoms with Crippen molar-refractivity contribution in [1.82, 2.24) is 4.90 Å². The highest BCUT2D eigenvalue weighted by Gasteiger charge is 2.52. The van der Waals surface area contributed by atoms with Gasteiger partial charge in [-0.25, -0.2) is 0 Å². The number of para-hydroxylation sites is 1. The molecule has 1 atom stereocenters. The van der Waals surface area contributed by atoms with E-state index in [9.17, 15) is 4.79 Å². The fourth-order valence-electron chi connectivity index (χ4n) is 5.21. The molecule has 0 unspecified atom stereocenters. The van der Waals surface area contributed by atoms with Gasteiger partial charge in [0.25, 0.3) is 0 Å². The third-order valence-corrected chi connectivity index (χ3v) is 6.81. The lowest BCUT2D eigenvalue weighted by atomic mass is 9.71. The fourth-order valence-corrected chi connectivity index (χ4v) is 5.21. The summed E-state index contributed by atoms with van der Waals surface area (Å²) in [5.74, 6) is 0.252. The number of likely N-dealkylation sites (tertiary alicyclic amines) is 1. The normalized spacial score (nSPS) is 25.6. The number of nitrogens with zero attached hydrogens (tertiary/aromatic N) is 2. The van der Waals surface area contributed by atoms with Gasteiger partial charge < -0.3 is 14.4 Å². The third-order valence-electron chi connectivity index (χ3n) is 6.81. The van der Waals surface area contributed by atoms with Crippen molar-refractivity contribution in [2.75, 3.05) is 51.0 Å². The van der Waals surface area contributed by atoms with Crippen LogP contribution in [0.4, 0.5) is 5.69 Å². The first kappa shape index (κ1) is 19.6. The minimum absolute atomic E-state index is 0.0133. The Morgan fingerprint density at radius 2 is 1.82 bits per heavy atom. The van der Waals surface area contributed by atoms with Gasteiger partial charge in [0.1, 0.15) is 0 Å². The Bertz CT molecular complexity index is 666. The van der Waals surface area contributed by atoms with Crippen LogP contribution in [0.25, 0.3) is 0 Å². The van der Waals surface area contributed by atoms with Crippen LogP contribution in [0.15, 0.2) is 43.0 Å². The van der Waals surface area contributed by atoms with Gasteiger partial charge in [0.2, 0.25) is 5.91 Å². The molecule has 0 aromatic heterocycles. The molecule has 0 saturated carbocycles. The average Bonchev–Trinajstić information content (AvgIpc) is 3.12. The second kappa shape index (κ2) is 8.76. The van der Waals surface area contributed by atoms with Crippen molar-refractivity contribution in [3.8, 4) is 0 Å². The van der Waals surface area contributed by atoms with E-state index < -0.39 is 0 Å². The summed E-state index contributed by atoms with van der Waals surface area (Å²) in [6.45, 7) is 9.49. The molecule has 5 nitrogen and oxygen atoms in total. The number of anilines is 1. The molecule has 3 heterocycles. The summed E-state index contributed by atoms with van der Waals surface area (Å²) < 4.78 is 11.2. The summed E-state index contributed by atoms with van der Waals surface area (Å²) >= 11 is 0. The smallest absolute Gasteiger partial charge is 0.232 e. The summed E-state index contributed by atoms with van der Waals surface area (Å²) in [4.78, 5) is 18.3. The molecule has 3 aliphatic rings. The average molecular weight is 385 g/mol.